The fourth-order valence-corrected chi connectivity index (χ4v) is 1.94. The van der Waals surface area contributed by atoms with E-state index >= 15 is 0 Å². The van der Waals surface area contributed by atoms with E-state index in [0.717, 1.165) is 5.75 Å². The van der Waals surface area contributed by atoms with Crippen LogP contribution in [0.15, 0.2) is 42.5 Å². The Balaban J connectivity index is 2.30. The first-order chi connectivity index (χ1) is 9.11. The Labute approximate surface area is 117 Å². The second-order valence-electron chi connectivity index (χ2n) is 4.03. The molecule has 0 saturated carbocycles. The molecule has 0 radical (unpaired) electrons. The van der Waals surface area contributed by atoms with Crippen LogP contribution in [-0.2, 0) is 0 Å². The van der Waals surface area contributed by atoms with Crippen molar-refractivity contribution in [2.24, 2.45) is 0 Å². The fourth-order valence-electron chi connectivity index (χ4n) is 1.74. The van der Waals surface area contributed by atoms with Crippen molar-refractivity contribution in [1.82, 2.24) is 0 Å². The summed E-state index contributed by atoms with van der Waals surface area (Å²) >= 11 is 6.02. The third kappa shape index (κ3) is 3.06. The minimum Gasteiger partial charge on any atom is -0.494 e. The van der Waals surface area contributed by atoms with E-state index in [1.807, 2.05) is 6.92 Å². The highest BCUT2D eigenvalue weighted by Gasteiger charge is 2.13. The number of hydrogen-bond acceptors (Lipinski definition) is 3. The number of anilines is 1. The fraction of sp³-hybridized carbons (Fsp3) is 0.133. The van der Waals surface area contributed by atoms with Gasteiger partial charge in [0.25, 0.3) is 0 Å². The Bertz CT molecular complexity index is 594. The van der Waals surface area contributed by atoms with Crippen molar-refractivity contribution in [1.29, 1.82) is 0 Å². The quantitative estimate of drug-likeness (QED) is 0.686. The van der Waals surface area contributed by atoms with Gasteiger partial charge in [0.05, 0.1) is 11.6 Å². The van der Waals surface area contributed by atoms with Crippen LogP contribution in [0, 0.1) is 0 Å². The Hall–Kier alpha value is -2.00. The highest BCUT2D eigenvalue weighted by molar-refractivity contribution is 6.35. The summed E-state index contributed by atoms with van der Waals surface area (Å²) in [6, 6.07) is 11.8. The maximum Gasteiger partial charge on any atom is 0.194 e. The molecule has 0 saturated heterocycles. The van der Waals surface area contributed by atoms with E-state index in [4.69, 9.17) is 22.1 Å². The van der Waals surface area contributed by atoms with E-state index in [1.165, 1.54) is 0 Å². The molecule has 3 nitrogen and oxygen atoms in total. The molecule has 0 unspecified atom stereocenters. The van der Waals surface area contributed by atoms with E-state index in [0.29, 0.717) is 28.4 Å². The van der Waals surface area contributed by atoms with Crippen molar-refractivity contribution < 1.29 is 9.53 Å². The second kappa shape index (κ2) is 5.76. The number of nitrogens with two attached hydrogens (primary N) is 1. The number of benzene rings is 2. The van der Waals surface area contributed by atoms with Gasteiger partial charge in [-0.3, -0.25) is 4.79 Å². The summed E-state index contributed by atoms with van der Waals surface area (Å²) < 4.78 is 5.33. The molecule has 19 heavy (non-hydrogen) atoms. The molecule has 98 valence electrons. The maximum atomic E-state index is 12.3. The first-order valence-electron chi connectivity index (χ1n) is 5.94. The first kappa shape index (κ1) is 13.4. The van der Waals surface area contributed by atoms with Gasteiger partial charge in [-0.2, -0.15) is 0 Å². The van der Waals surface area contributed by atoms with Crippen molar-refractivity contribution >= 4 is 23.1 Å². The van der Waals surface area contributed by atoms with Crippen LogP contribution in [0.25, 0.3) is 0 Å². The van der Waals surface area contributed by atoms with Crippen molar-refractivity contribution in [3.63, 3.8) is 0 Å². The van der Waals surface area contributed by atoms with Crippen molar-refractivity contribution in [3.8, 4) is 5.75 Å². The minimum atomic E-state index is -0.152. The van der Waals surface area contributed by atoms with Gasteiger partial charge in [0, 0.05) is 16.8 Å². The Morgan fingerprint density at radius 3 is 2.53 bits per heavy atom. The van der Waals surface area contributed by atoms with E-state index < -0.39 is 0 Å². The van der Waals surface area contributed by atoms with Gasteiger partial charge < -0.3 is 10.5 Å². The number of nitrogen functional groups attached to an aromatic ring is 1. The normalized spacial score (nSPS) is 10.2. The Morgan fingerprint density at radius 1 is 1.21 bits per heavy atom. The van der Waals surface area contributed by atoms with Gasteiger partial charge in [-0.1, -0.05) is 11.6 Å². The van der Waals surface area contributed by atoms with Crippen LogP contribution >= 0.6 is 11.6 Å². The third-order valence-electron chi connectivity index (χ3n) is 2.66. The van der Waals surface area contributed by atoms with Gasteiger partial charge in [0.2, 0.25) is 0 Å². The zero-order chi connectivity index (χ0) is 13.8. The maximum absolute atomic E-state index is 12.3. The topological polar surface area (TPSA) is 52.3 Å². The van der Waals surface area contributed by atoms with Crippen LogP contribution in [0.3, 0.4) is 0 Å². The molecule has 0 bridgehead atoms. The van der Waals surface area contributed by atoms with Crippen LogP contribution in [0.1, 0.15) is 22.8 Å². The molecule has 2 N–H and O–H groups in total. The second-order valence-corrected chi connectivity index (χ2v) is 4.43. The molecular weight excluding hydrogens is 262 g/mol. The Morgan fingerprint density at radius 2 is 1.89 bits per heavy atom. The number of ether oxygens (including phenoxy) is 1. The van der Waals surface area contributed by atoms with Gasteiger partial charge in [0.1, 0.15) is 5.75 Å². The zero-order valence-corrected chi connectivity index (χ0v) is 11.3. The third-order valence-corrected chi connectivity index (χ3v) is 2.99. The summed E-state index contributed by atoms with van der Waals surface area (Å²) in [6.07, 6.45) is 0. The molecule has 2 rings (SSSR count). The van der Waals surface area contributed by atoms with Crippen molar-refractivity contribution in [2.75, 3.05) is 12.3 Å². The van der Waals surface area contributed by atoms with Crippen LogP contribution in [-0.4, -0.2) is 12.4 Å². The van der Waals surface area contributed by atoms with Crippen LogP contribution < -0.4 is 10.5 Å². The number of carbonyl (C=O) groups is 1. The summed E-state index contributed by atoms with van der Waals surface area (Å²) in [7, 11) is 0. The van der Waals surface area contributed by atoms with Gasteiger partial charge in [-0.15, -0.1) is 0 Å². The smallest absolute Gasteiger partial charge is 0.194 e. The lowest BCUT2D eigenvalue weighted by molar-refractivity contribution is 0.103. The molecule has 0 aliphatic carbocycles. The van der Waals surface area contributed by atoms with Gasteiger partial charge >= 0.3 is 0 Å². The molecule has 0 fully saturated rings. The van der Waals surface area contributed by atoms with Crippen molar-refractivity contribution in [3.05, 3.63) is 58.6 Å². The summed E-state index contributed by atoms with van der Waals surface area (Å²) in [5.41, 5.74) is 7.15. The Kier molecular flexibility index (Phi) is 4.07. The largest absolute Gasteiger partial charge is 0.494 e. The molecule has 2 aromatic carbocycles. The number of ketones is 1. The molecule has 0 spiro atoms. The molecule has 4 heteroatoms. The van der Waals surface area contributed by atoms with Crippen LogP contribution in [0.2, 0.25) is 5.02 Å². The average Bonchev–Trinajstić information content (AvgIpc) is 2.42. The molecule has 0 heterocycles. The summed E-state index contributed by atoms with van der Waals surface area (Å²) in [5.74, 6) is 0.582. The number of rotatable bonds is 4. The number of halogens is 1. The SMILES string of the molecule is CCOc1ccc(C(=O)c2cc(N)ccc2Cl)cc1. The monoisotopic (exact) mass is 275 g/mol. The van der Waals surface area contributed by atoms with Crippen LogP contribution in [0.5, 0.6) is 5.75 Å². The summed E-state index contributed by atoms with van der Waals surface area (Å²) in [5, 5.41) is 0.396. The predicted molar refractivity (Wildman–Crippen MR) is 76.9 cm³/mol. The molecule has 0 atom stereocenters. The highest BCUT2D eigenvalue weighted by Crippen LogP contribution is 2.23. The lowest BCUT2D eigenvalue weighted by Gasteiger charge is -2.06. The zero-order valence-electron chi connectivity index (χ0n) is 10.5. The number of hydrogen-bond donors (Lipinski definition) is 1. The molecule has 0 aliphatic rings. The van der Waals surface area contributed by atoms with E-state index in [9.17, 15) is 4.79 Å². The molecule has 0 aromatic heterocycles. The molecule has 0 amide bonds. The lowest BCUT2D eigenvalue weighted by Crippen LogP contribution is -2.03. The summed E-state index contributed by atoms with van der Waals surface area (Å²) in [4.78, 5) is 12.3. The number of carbonyl (C=O) groups excluding carboxylic acids is 1. The molecular formula is C15H14ClNO2. The lowest BCUT2D eigenvalue weighted by atomic mass is 10.0. The highest BCUT2D eigenvalue weighted by atomic mass is 35.5. The minimum absolute atomic E-state index is 0.152. The van der Waals surface area contributed by atoms with Crippen LogP contribution in [0.4, 0.5) is 5.69 Å². The molecule has 0 aliphatic heterocycles. The van der Waals surface area contributed by atoms with E-state index in [1.54, 1.807) is 42.5 Å². The van der Waals surface area contributed by atoms with E-state index in [-0.39, 0.29) is 5.78 Å². The first-order valence-corrected chi connectivity index (χ1v) is 6.32. The van der Waals surface area contributed by atoms with Gasteiger partial charge in [0.15, 0.2) is 5.78 Å². The summed E-state index contributed by atoms with van der Waals surface area (Å²) in [6.45, 7) is 2.50. The van der Waals surface area contributed by atoms with Gasteiger partial charge in [-0.25, -0.2) is 0 Å². The standard InChI is InChI=1S/C15H14ClNO2/c1-2-19-12-6-3-10(4-7-12)15(18)13-9-11(17)5-8-14(13)16/h3-9H,2,17H2,1H3. The van der Waals surface area contributed by atoms with E-state index in [2.05, 4.69) is 0 Å². The predicted octanol–water partition coefficient (Wildman–Crippen LogP) is 3.55. The van der Waals surface area contributed by atoms with Gasteiger partial charge in [-0.05, 0) is 49.4 Å². The van der Waals surface area contributed by atoms with Crippen molar-refractivity contribution in [2.45, 2.75) is 6.92 Å². The molecule has 2 aromatic rings. The average molecular weight is 276 g/mol.